The third kappa shape index (κ3) is 4.68. The molecule has 35 heavy (non-hydrogen) atoms. The van der Waals surface area contributed by atoms with Gasteiger partial charge in [0.05, 0.1) is 5.56 Å². The van der Waals surface area contributed by atoms with Gasteiger partial charge in [-0.2, -0.15) is 0 Å². The molecule has 0 aliphatic rings. The largest absolute Gasteiger partial charge is 0.347 e. The molecule has 1 amide bonds. The first-order valence-corrected chi connectivity index (χ1v) is 11.5. The monoisotopic (exact) mass is 468 g/mol. The lowest BCUT2D eigenvalue weighted by Gasteiger charge is -2.11. The van der Waals surface area contributed by atoms with E-state index in [0.717, 1.165) is 23.9 Å². The van der Waals surface area contributed by atoms with Crippen LogP contribution in [0.25, 0.3) is 22.4 Å². The van der Waals surface area contributed by atoms with Crippen LogP contribution in [0.5, 0.6) is 0 Å². The molecule has 0 bridgehead atoms. The van der Waals surface area contributed by atoms with Crippen LogP contribution in [0.4, 0.5) is 10.2 Å². The molecule has 0 saturated carbocycles. The third-order valence-corrected chi connectivity index (χ3v) is 5.94. The molecule has 5 aromatic rings. The molecule has 0 spiro atoms. The molecule has 176 valence electrons. The average Bonchev–Trinajstić information content (AvgIpc) is 3.50. The van der Waals surface area contributed by atoms with Crippen molar-refractivity contribution in [3.63, 3.8) is 0 Å². The maximum atomic E-state index is 14.9. The lowest BCUT2D eigenvalue weighted by atomic mass is 10.1. The SMILES string of the molecule is CC(C)n1cnnc1-c1cccc(NC(=O)c2cc3c(ccn3CCc3ccccc3)cc2F)n1. The summed E-state index contributed by atoms with van der Waals surface area (Å²) in [6.45, 7) is 4.76. The van der Waals surface area contributed by atoms with Gasteiger partial charge in [0.2, 0.25) is 0 Å². The smallest absolute Gasteiger partial charge is 0.259 e. The summed E-state index contributed by atoms with van der Waals surface area (Å²) in [5.74, 6) is -0.230. The van der Waals surface area contributed by atoms with Gasteiger partial charge in [-0.25, -0.2) is 9.37 Å². The highest BCUT2D eigenvalue weighted by molar-refractivity contribution is 6.06. The van der Waals surface area contributed by atoms with Gasteiger partial charge >= 0.3 is 0 Å². The fraction of sp³-hybridized carbons (Fsp3) is 0.185. The van der Waals surface area contributed by atoms with Gasteiger partial charge < -0.3 is 14.5 Å². The highest BCUT2D eigenvalue weighted by Gasteiger charge is 2.17. The molecular formula is C27H25FN6O. The van der Waals surface area contributed by atoms with Gasteiger partial charge in [0.1, 0.15) is 23.7 Å². The number of hydrogen-bond acceptors (Lipinski definition) is 4. The molecular weight excluding hydrogens is 443 g/mol. The Bertz CT molecular complexity index is 1490. The number of aromatic nitrogens is 5. The number of rotatable bonds is 7. The second-order valence-electron chi connectivity index (χ2n) is 8.65. The van der Waals surface area contributed by atoms with E-state index in [2.05, 4.69) is 32.6 Å². The first-order chi connectivity index (χ1) is 17.0. The van der Waals surface area contributed by atoms with E-state index in [9.17, 15) is 9.18 Å². The fourth-order valence-corrected chi connectivity index (χ4v) is 4.09. The van der Waals surface area contributed by atoms with E-state index in [1.54, 1.807) is 30.6 Å². The Morgan fingerprint density at radius 1 is 1.06 bits per heavy atom. The van der Waals surface area contributed by atoms with Crippen molar-refractivity contribution >= 4 is 22.6 Å². The summed E-state index contributed by atoms with van der Waals surface area (Å²) >= 11 is 0. The number of pyridine rings is 1. The Hall–Kier alpha value is -4.33. The number of hydrogen-bond donors (Lipinski definition) is 1. The van der Waals surface area contributed by atoms with E-state index in [1.165, 1.54) is 11.6 Å². The molecule has 8 heteroatoms. The van der Waals surface area contributed by atoms with Gasteiger partial charge in [-0.1, -0.05) is 36.4 Å². The number of fused-ring (bicyclic) bond motifs is 1. The molecule has 0 atom stereocenters. The molecule has 7 nitrogen and oxygen atoms in total. The molecule has 1 N–H and O–H groups in total. The normalized spacial score (nSPS) is 11.3. The van der Waals surface area contributed by atoms with Crippen LogP contribution < -0.4 is 5.32 Å². The van der Waals surface area contributed by atoms with Crippen LogP contribution in [0.2, 0.25) is 0 Å². The second kappa shape index (κ2) is 9.50. The van der Waals surface area contributed by atoms with E-state index in [0.29, 0.717) is 17.3 Å². The Labute approximate surface area is 202 Å². The number of anilines is 1. The van der Waals surface area contributed by atoms with E-state index in [1.807, 2.05) is 53.4 Å². The summed E-state index contributed by atoms with van der Waals surface area (Å²) in [6.07, 6.45) is 4.40. The van der Waals surface area contributed by atoms with Crippen LogP contribution in [0, 0.1) is 5.82 Å². The Morgan fingerprint density at radius 2 is 1.89 bits per heavy atom. The predicted molar refractivity (Wildman–Crippen MR) is 134 cm³/mol. The highest BCUT2D eigenvalue weighted by Crippen LogP contribution is 2.23. The van der Waals surface area contributed by atoms with Crippen molar-refractivity contribution in [2.24, 2.45) is 0 Å². The van der Waals surface area contributed by atoms with E-state index >= 15 is 0 Å². The quantitative estimate of drug-likeness (QED) is 0.342. The van der Waals surface area contributed by atoms with Gasteiger partial charge in [-0.05, 0) is 56.2 Å². The summed E-state index contributed by atoms with van der Waals surface area (Å²) < 4.78 is 18.8. The van der Waals surface area contributed by atoms with Gasteiger partial charge in [0.25, 0.3) is 5.91 Å². The van der Waals surface area contributed by atoms with Gasteiger partial charge in [-0.15, -0.1) is 10.2 Å². The van der Waals surface area contributed by atoms with Crippen molar-refractivity contribution in [2.75, 3.05) is 5.32 Å². The number of nitrogens with one attached hydrogen (secondary N) is 1. The molecule has 5 rings (SSSR count). The molecule has 2 aromatic carbocycles. The molecule has 0 radical (unpaired) electrons. The standard InChI is InChI=1S/C27H25FN6O/c1-18(2)34-17-29-32-26(34)23-9-6-10-25(30-23)31-27(35)21-16-24-20(15-22(21)28)12-14-33(24)13-11-19-7-4-3-5-8-19/h3-10,12,14-18H,11,13H2,1-2H3,(H,30,31,35). The lowest BCUT2D eigenvalue weighted by Crippen LogP contribution is -2.15. The number of halogens is 1. The summed E-state index contributed by atoms with van der Waals surface area (Å²) in [7, 11) is 0. The molecule has 3 aromatic heterocycles. The predicted octanol–water partition coefficient (Wildman–Crippen LogP) is 5.51. The van der Waals surface area contributed by atoms with E-state index < -0.39 is 11.7 Å². The van der Waals surface area contributed by atoms with Crippen molar-refractivity contribution in [3.05, 3.63) is 96.2 Å². The Morgan fingerprint density at radius 3 is 2.69 bits per heavy atom. The second-order valence-corrected chi connectivity index (χ2v) is 8.65. The molecule has 0 fully saturated rings. The van der Waals surface area contributed by atoms with Crippen LogP contribution in [-0.2, 0) is 13.0 Å². The minimum atomic E-state index is -0.577. The van der Waals surface area contributed by atoms with Crippen LogP contribution in [-0.4, -0.2) is 30.2 Å². The van der Waals surface area contributed by atoms with Crippen molar-refractivity contribution in [3.8, 4) is 11.5 Å². The number of benzene rings is 2. The number of carbonyl (C=O) groups is 1. The first-order valence-electron chi connectivity index (χ1n) is 11.5. The first kappa shape index (κ1) is 22.5. The zero-order valence-electron chi connectivity index (χ0n) is 19.5. The minimum absolute atomic E-state index is 0.0327. The number of aryl methyl sites for hydroxylation is 2. The zero-order chi connectivity index (χ0) is 24.4. The summed E-state index contributed by atoms with van der Waals surface area (Å²) in [4.78, 5) is 17.5. The molecule has 0 saturated heterocycles. The minimum Gasteiger partial charge on any atom is -0.347 e. The fourth-order valence-electron chi connectivity index (χ4n) is 4.09. The number of nitrogens with zero attached hydrogens (tertiary/aromatic N) is 5. The highest BCUT2D eigenvalue weighted by atomic mass is 19.1. The molecule has 0 aliphatic carbocycles. The number of carbonyl (C=O) groups excluding carboxylic acids is 1. The maximum absolute atomic E-state index is 14.9. The van der Waals surface area contributed by atoms with E-state index in [-0.39, 0.29) is 11.6 Å². The van der Waals surface area contributed by atoms with Crippen LogP contribution in [0.15, 0.2) is 79.3 Å². The van der Waals surface area contributed by atoms with Crippen LogP contribution in [0.3, 0.4) is 0 Å². The lowest BCUT2D eigenvalue weighted by molar-refractivity contribution is 0.102. The maximum Gasteiger partial charge on any atom is 0.259 e. The zero-order valence-corrected chi connectivity index (χ0v) is 19.5. The van der Waals surface area contributed by atoms with Crippen LogP contribution in [0.1, 0.15) is 35.8 Å². The van der Waals surface area contributed by atoms with Crippen molar-refractivity contribution in [1.29, 1.82) is 0 Å². The third-order valence-electron chi connectivity index (χ3n) is 5.94. The van der Waals surface area contributed by atoms with Crippen molar-refractivity contribution in [2.45, 2.75) is 32.9 Å². The number of amides is 1. The van der Waals surface area contributed by atoms with Crippen LogP contribution >= 0.6 is 0 Å². The van der Waals surface area contributed by atoms with Gasteiger partial charge in [0, 0.05) is 29.7 Å². The molecule has 3 heterocycles. The van der Waals surface area contributed by atoms with E-state index in [4.69, 9.17) is 0 Å². The molecule has 0 aliphatic heterocycles. The topological polar surface area (TPSA) is 77.6 Å². The summed E-state index contributed by atoms with van der Waals surface area (Å²) in [5, 5.41) is 11.6. The van der Waals surface area contributed by atoms with Gasteiger partial charge in [0.15, 0.2) is 5.82 Å². The average molecular weight is 469 g/mol. The van der Waals surface area contributed by atoms with Crippen molar-refractivity contribution in [1.82, 2.24) is 24.3 Å². The van der Waals surface area contributed by atoms with Crippen molar-refractivity contribution < 1.29 is 9.18 Å². The summed E-state index contributed by atoms with van der Waals surface area (Å²) in [6, 6.07) is 20.4. The Balaban J connectivity index is 1.39. The summed E-state index contributed by atoms with van der Waals surface area (Å²) in [5.41, 5.74) is 2.56. The van der Waals surface area contributed by atoms with Gasteiger partial charge in [-0.3, -0.25) is 4.79 Å². The Kier molecular flexibility index (Phi) is 6.10. The molecule has 0 unspecified atom stereocenters.